The van der Waals surface area contributed by atoms with Gasteiger partial charge in [-0.2, -0.15) is 4.79 Å². The predicted octanol–water partition coefficient (Wildman–Crippen LogP) is -0.705. The fraction of sp³-hybridized carbons (Fsp3) is 0. The summed E-state index contributed by atoms with van der Waals surface area (Å²) < 4.78 is 0. The van der Waals surface area contributed by atoms with Gasteiger partial charge < -0.3 is 10.9 Å². The molecule has 0 aliphatic heterocycles. The number of carbonyl (C=O) groups is 1. The Morgan fingerprint density at radius 1 is 1.89 bits per heavy atom. The number of nitrogens with two attached hydrogens (primary N) is 1. The number of hydrogen-bond acceptors (Lipinski definition) is 3. The lowest BCUT2D eigenvalue weighted by atomic mass is 10.5. The molecule has 5 nitrogen and oxygen atoms in total. The molecule has 0 aliphatic rings. The third-order valence-corrected chi connectivity index (χ3v) is 0.827. The van der Waals surface area contributed by atoms with E-state index in [-0.39, 0.29) is 5.69 Å². The molecule has 1 aromatic heterocycles. The fourth-order valence-electron chi connectivity index (χ4n) is 0.452. The van der Waals surface area contributed by atoms with E-state index in [0.29, 0.717) is 0 Å². The first-order valence-corrected chi connectivity index (χ1v) is 2.24. The van der Waals surface area contributed by atoms with Gasteiger partial charge in [-0.25, -0.2) is 4.79 Å². The highest BCUT2D eigenvalue weighted by Crippen LogP contribution is 1.90. The molecule has 0 amide bonds. The number of carboxylic acids is 1. The van der Waals surface area contributed by atoms with E-state index in [1.807, 2.05) is 0 Å². The highest BCUT2D eigenvalue weighted by molar-refractivity contribution is 5.84. The Balaban J connectivity index is 2.98. The van der Waals surface area contributed by atoms with Gasteiger partial charge in [-0.3, -0.25) is 0 Å². The first kappa shape index (κ1) is 5.61. The number of aromatic nitrogens is 2. The van der Waals surface area contributed by atoms with Crippen LogP contribution in [0.2, 0.25) is 0 Å². The number of hydrogen-bond donors (Lipinski definition) is 2. The van der Waals surface area contributed by atoms with Gasteiger partial charge in [0.25, 0.3) is 0 Å². The van der Waals surface area contributed by atoms with Crippen molar-refractivity contribution < 1.29 is 9.90 Å². The van der Waals surface area contributed by atoms with Crippen LogP contribution in [0, 0.1) is 0 Å². The Morgan fingerprint density at radius 3 is 2.78 bits per heavy atom. The number of carboxylic acid groups (broad SMARTS) is 1. The van der Waals surface area contributed by atoms with Crippen LogP contribution in [-0.2, 0) is 0 Å². The van der Waals surface area contributed by atoms with Crippen molar-refractivity contribution in [1.82, 2.24) is 9.89 Å². The van der Waals surface area contributed by atoms with Crippen LogP contribution in [0.5, 0.6) is 0 Å². The molecule has 0 bridgehead atoms. The zero-order valence-corrected chi connectivity index (χ0v) is 4.48. The Hall–Kier alpha value is -1.52. The Morgan fingerprint density at radius 2 is 2.56 bits per heavy atom. The third kappa shape index (κ3) is 0.987. The number of nitrogen functional groups attached to an aromatic ring is 1. The topological polar surface area (TPSA) is 81.1 Å². The lowest BCUT2D eigenvalue weighted by Crippen LogP contribution is -2.09. The summed E-state index contributed by atoms with van der Waals surface area (Å²) in [6.45, 7) is 0. The lowest BCUT2D eigenvalue weighted by Gasteiger charge is -1.83. The normalized spacial score (nSPS) is 9.33. The summed E-state index contributed by atoms with van der Waals surface area (Å²) in [6.07, 6.45) is 1.36. The van der Waals surface area contributed by atoms with Crippen molar-refractivity contribution in [2.45, 2.75) is 0 Å². The van der Waals surface area contributed by atoms with E-state index >= 15 is 0 Å². The maximum Gasteiger partial charge on any atom is 0.356 e. The highest BCUT2D eigenvalue weighted by Gasteiger charge is 2.03. The Labute approximate surface area is 50.7 Å². The van der Waals surface area contributed by atoms with Gasteiger partial charge in [-0.15, -0.1) is 5.10 Å². The zero-order chi connectivity index (χ0) is 6.85. The largest absolute Gasteiger partial charge is 0.476 e. The SMILES string of the molecule is Nn1ccc(C(=O)O)n1. The number of aromatic carboxylic acids is 1. The third-order valence-electron chi connectivity index (χ3n) is 0.827. The van der Waals surface area contributed by atoms with E-state index in [0.717, 1.165) is 4.79 Å². The molecule has 5 heteroatoms. The van der Waals surface area contributed by atoms with Crippen LogP contribution in [0.25, 0.3) is 0 Å². The van der Waals surface area contributed by atoms with Gasteiger partial charge in [0.2, 0.25) is 0 Å². The molecule has 0 aliphatic carbocycles. The Kier molecular flexibility index (Phi) is 1.11. The monoisotopic (exact) mass is 127 g/mol. The van der Waals surface area contributed by atoms with Gasteiger partial charge >= 0.3 is 5.97 Å². The van der Waals surface area contributed by atoms with E-state index in [2.05, 4.69) is 5.10 Å². The molecule has 0 spiro atoms. The molecule has 48 valence electrons. The van der Waals surface area contributed by atoms with Crippen LogP contribution in [-0.4, -0.2) is 21.0 Å². The van der Waals surface area contributed by atoms with Crippen molar-refractivity contribution in [3.63, 3.8) is 0 Å². The predicted molar refractivity (Wildman–Crippen MR) is 29.3 cm³/mol. The minimum absolute atomic E-state index is 0.0440. The van der Waals surface area contributed by atoms with Crippen LogP contribution in [0.3, 0.4) is 0 Å². The minimum Gasteiger partial charge on any atom is -0.476 e. The van der Waals surface area contributed by atoms with E-state index in [1.165, 1.54) is 12.3 Å². The molecule has 1 rings (SSSR count). The summed E-state index contributed by atoms with van der Waals surface area (Å²) in [4.78, 5) is 11.0. The molecule has 0 atom stereocenters. The molecule has 3 N–H and O–H groups in total. The average molecular weight is 127 g/mol. The second-order valence-electron chi connectivity index (χ2n) is 1.49. The molecule has 0 radical (unpaired) electrons. The quantitative estimate of drug-likeness (QED) is 0.488. The summed E-state index contributed by atoms with van der Waals surface area (Å²) in [6, 6.07) is 1.32. The summed E-state index contributed by atoms with van der Waals surface area (Å²) in [5.74, 6) is 3.99. The van der Waals surface area contributed by atoms with Crippen molar-refractivity contribution in [1.29, 1.82) is 0 Å². The molecule has 0 unspecified atom stereocenters. The second kappa shape index (κ2) is 1.77. The Bertz CT molecular complexity index is 229. The van der Waals surface area contributed by atoms with Gasteiger partial charge in [0.15, 0.2) is 5.69 Å². The van der Waals surface area contributed by atoms with Gasteiger partial charge in [-0.1, -0.05) is 0 Å². The molecule has 0 saturated heterocycles. The van der Waals surface area contributed by atoms with Crippen molar-refractivity contribution in [2.24, 2.45) is 0 Å². The van der Waals surface area contributed by atoms with Gasteiger partial charge in [0.1, 0.15) is 0 Å². The molecule has 0 aromatic carbocycles. The average Bonchev–Trinajstić information content (AvgIpc) is 2.14. The summed E-state index contributed by atoms with van der Waals surface area (Å²) >= 11 is 0. The fourth-order valence-corrected chi connectivity index (χ4v) is 0.452. The maximum absolute atomic E-state index is 10.1. The molecule has 0 fully saturated rings. The minimum atomic E-state index is -1.07. The van der Waals surface area contributed by atoms with Crippen molar-refractivity contribution in [3.8, 4) is 0 Å². The molecular formula is C4H5N3O2. The van der Waals surface area contributed by atoms with Crippen molar-refractivity contribution in [2.75, 3.05) is 5.84 Å². The van der Waals surface area contributed by atoms with E-state index in [1.54, 1.807) is 0 Å². The standard InChI is InChI=1S/C4H5N3O2/c5-7-2-1-3(6-7)4(8)9/h1-2H,5H2,(H,8,9). The van der Waals surface area contributed by atoms with E-state index < -0.39 is 5.97 Å². The lowest BCUT2D eigenvalue weighted by molar-refractivity contribution is 0.0690. The van der Waals surface area contributed by atoms with Crippen molar-refractivity contribution in [3.05, 3.63) is 18.0 Å². The van der Waals surface area contributed by atoms with Crippen LogP contribution in [0.1, 0.15) is 10.5 Å². The highest BCUT2D eigenvalue weighted by atomic mass is 16.4. The summed E-state index contributed by atoms with van der Waals surface area (Å²) in [5, 5.41) is 11.7. The maximum atomic E-state index is 10.1. The second-order valence-corrected chi connectivity index (χ2v) is 1.49. The zero-order valence-electron chi connectivity index (χ0n) is 4.48. The number of rotatable bonds is 1. The summed E-state index contributed by atoms with van der Waals surface area (Å²) in [7, 11) is 0. The van der Waals surface area contributed by atoms with Gasteiger partial charge in [0.05, 0.1) is 0 Å². The van der Waals surface area contributed by atoms with Crippen LogP contribution < -0.4 is 5.84 Å². The van der Waals surface area contributed by atoms with Gasteiger partial charge in [-0.05, 0) is 6.07 Å². The summed E-state index contributed by atoms with van der Waals surface area (Å²) in [5.41, 5.74) is -0.0440. The van der Waals surface area contributed by atoms with Crippen molar-refractivity contribution >= 4 is 5.97 Å². The first-order valence-electron chi connectivity index (χ1n) is 2.24. The van der Waals surface area contributed by atoms with Gasteiger partial charge in [0, 0.05) is 6.20 Å². The van der Waals surface area contributed by atoms with Crippen LogP contribution in [0.4, 0.5) is 0 Å². The molecule has 9 heavy (non-hydrogen) atoms. The molecular weight excluding hydrogens is 122 g/mol. The first-order chi connectivity index (χ1) is 4.20. The molecule has 1 heterocycles. The van der Waals surface area contributed by atoms with Crippen LogP contribution >= 0.6 is 0 Å². The molecule has 1 aromatic rings. The van der Waals surface area contributed by atoms with E-state index in [9.17, 15) is 4.79 Å². The van der Waals surface area contributed by atoms with E-state index in [4.69, 9.17) is 10.9 Å². The van der Waals surface area contributed by atoms with Crippen LogP contribution in [0.15, 0.2) is 12.3 Å². The smallest absolute Gasteiger partial charge is 0.356 e. The number of nitrogens with zero attached hydrogens (tertiary/aromatic N) is 2. The molecule has 0 saturated carbocycles.